The molecule has 0 radical (unpaired) electrons. The van der Waals surface area contributed by atoms with Gasteiger partial charge < -0.3 is 21.9 Å². The lowest BCUT2D eigenvalue weighted by atomic mass is 10.1. The Kier molecular flexibility index (Phi) is 8.94. The first-order valence-electron chi connectivity index (χ1n) is 14.1. The van der Waals surface area contributed by atoms with Crippen molar-refractivity contribution in [1.82, 2.24) is 0 Å². The highest BCUT2D eigenvalue weighted by Crippen LogP contribution is 2.36. The number of hydrogen-bond donors (Lipinski definition) is 0. The van der Waals surface area contributed by atoms with E-state index in [9.17, 15) is 0 Å². The zero-order chi connectivity index (χ0) is 28.1. The number of aromatic nitrogens is 1. The minimum absolute atomic E-state index is 0. The Labute approximate surface area is 271 Å². The van der Waals surface area contributed by atoms with E-state index in [2.05, 4.69) is 173 Å². The van der Waals surface area contributed by atoms with Gasteiger partial charge in [0.05, 0.1) is 0 Å². The van der Waals surface area contributed by atoms with Crippen LogP contribution in [-0.4, -0.2) is 0 Å². The molecule has 0 unspecified atom stereocenters. The van der Waals surface area contributed by atoms with Crippen LogP contribution >= 0.6 is 22.7 Å². The highest BCUT2D eigenvalue weighted by molar-refractivity contribution is 7.19. The van der Waals surface area contributed by atoms with Crippen LogP contribution < -0.4 is 26.4 Å². The van der Waals surface area contributed by atoms with Crippen molar-refractivity contribution in [3.8, 4) is 10.4 Å². The first kappa shape index (κ1) is 28.8. The van der Waals surface area contributed by atoms with Crippen LogP contribution in [0.4, 0.5) is 17.1 Å². The van der Waals surface area contributed by atoms with E-state index in [0.29, 0.717) is 0 Å². The lowest BCUT2D eigenvalue weighted by Gasteiger charge is -2.25. The van der Waals surface area contributed by atoms with Crippen molar-refractivity contribution in [3.05, 3.63) is 167 Å². The third-order valence-corrected chi connectivity index (χ3v) is 9.51. The SMILES string of the molecule is C(=C\c1sc2ccccc2[n+]1Cc1ccccc1)/c1ccc(-c2ccc(N(c3ccccc3)c3ccccc3)cc2)s1.[Br-]. The van der Waals surface area contributed by atoms with Gasteiger partial charge in [0.25, 0.3) is 5.01 Å². The monoisotopic (exact) mass is 656 g/mol. The molecule has 0 bridgehead atoms. The van der Waals surface area contributed by atoms with Crippen molar-refractivity contribution >= 4 is 62.1 Å². The topological polar surface area (TPSA) is 7.12 Å². The molecule has 7 rings (SSSR count). The van der Waals surface area contributed by atoms with Crippen LogP contribution in [0, 0.1) is 0 Å². The predicted octanol–water partition coefficient (Wildman–Crippen LogP) is 7.61. The molecule has 0 spiro atoms. The van der Waals surface area contributed by atoms with E-state index >= 15 is 0 Å². The summed E-state index contributed by atoms with van der Waals surface area (Å²) in [7, 11) is 0. The fraction of sp³-hybridized carbons (Fsp3) is 0.0263. The van der Waals surface area contributed by atoms with E-state index in [1.807, 2.05) is 22.7 Å². The molecule has 0 saturated carbocycles. The molecule has 7 aromatic rings. The number of benzene rings is 5. The fourth-order valence-electron chi connectivity index (χ4n) is 5.23. The Balaban J connectivity index is 0.00000329. The maximum atomic E-state index is 2.42. The number of thiazole rings is 1. The van der Waals surface area contributed by atoms with Crippen LogP contribution in [0.25, 0.3) is 32.8 Å². The predicted molar refractivity (Wildman–Crippen MR) is 181 cm³/mol. The minimum Gasteiger partial charge on any atom is -1.00 e. The first-order valence-corrected chi connectivity index (χ1v) is 15.7. The third-order valence-electron chi connectivity index (χ3n) is 7.28. The zero-order valence-corrected chi connectivity index (χ0v) is 26.6. The number of nitrogens with zero attached hydrogens (tertiary/aromatic N) is 2. The van der Waals surface area contributed by atoms with Gasteiger partial charge in [0.2, 0.25) is 5.52 Å². The molecule has 2 aromatic heterocycles. The van der Waals surface area contributed by atoms with Crippen LogP contribution in [-0.2, 0) is 6.54 Å². The number of rotatable bonds is 8. The third kappa shape index (κ3) is 6.40. The molecule has 210 valence electrons. The number of halogens is 1. The molecule has 0 amide bonds. The summed E-state index contributed by atoms with van der Waals surface area (Å²) in [5.41, 5.74) is 7.24. The lowest BCUT2D eigenvalue weighted by Crippen LogP contribution is -3.00. The Hall–Kier alpha value is -4.29. The van der Waals surface area contributed by atoms with Gasteiger partial charge in [0, 0.05) is 44.5 Å². The molecular formula is C38H29BrN2S2. The van der Waals surface area contributed by atoms with Crippen LogP contribution in [0.2, 0.25) is 0 Å². The van der Waals surface area contributed by atoms with Gasteiger partial charge in [0.1, 0.15) is 4.70 Å². The van der Waals surface area contributed by atoms with Crippen LogP contribution in [0.1, 0.15) is 15.4 Å². The first-order chi connectivity index (χ1) is 20.8. The molecule has 43 heavy (non-hydrogen) atoms. The van der Waals surface area contributed by atoms with Gasteiger partial charge in [0.15, 0.2) is 6.54 Å². The highest BCUT2D eigenvalue weighted by atomic mass is 79.9. The quantitative estimate of drug-likeness (QED) is 0.153. The summed E-state index contributed by atoms with van der Waals surface area (Å²) in [5, 5.41) is 1.25. The van der Waals surface area contributed by atoms with Gasteiger partial charge in [-0.15, -0.1) is 11.3 Å². The van der Waals surface area contributed by atoms with Crippen molar-refractivity contribution in [1.29, 1.82) is 0 Å². The van der Waals surface area contributed by atoms with E-state index in [-0.39, 0.29) is 17.0 Å². The van der Waals surface area contributed by atoms with Gasteiger partial charge in [-0.05, 0) is 66.2 Å². The van der Waals surface area contributed by atoms with Crippen LogP contribution in [0.3, 0.4) is 0 Å². The molecule has 0 N–H and O–H groups in total. The molecule has 0 fully saturated rings. The highest BCUT2D eigenvalue weighted by Gasteiger charge is 2.19. The van der Waals surface area contributed by atoms with Crippen molar-refractivity contribution in [2.24, 2.45) is 0 Å². The maximum Gasteiger partial charge on any atom is 0.263 e. The Morgan fingerprint density at radius 1 is 0.535 bits per heavy atom. The summed E-state index contributed by atoms with van der Waals surface area (Å²) < 4.78 is 3.73. The molecule has 0 atom stereocenters. The normalized spacial score (nSPS) is 11.1. The summed E-state index contributed by atoms with van der Waals surface area (Å²) in [6, 6.07) is 53.8. The van der Waals surface area contributed by atoms with Crippen LogP contribution in [0.15, 0.2) is 152 Å². The largest absolute Gasteiger partial charge is 1.00 e. The summed E-state index contributed by atoms with van der Waals surface area (Å²) in [5.74, 6) is 0. The summed E-state index contributed by atoms with van der Waals surface area (Å²) >= 11 is 3.67. The molecule has 5 aromatic carbocycles. The zero-order valence-electron chi connectivity index (χ0n) is 23.4. The Morgan fingerprint density at radius 2 is 1.12 bits per heavy atom. The molecule has 0 aliphatic carbocycles. The second-order valence-corrected chi connectivity index (χ2v) is 12.2. The lowest BCUT2D eigenvalue weighted by molar-refractivity contribution is -0.659. The van der Waals surface area contributed by atoms with Crippen molar-refractivity contribution in [2.75, 3.05) is 4.90 Å². The molecular weight excluding hydrogens is 628 g/mol. The van der Waals surface area contributed by atoms with Crippen molar-refractivity contribution < 1.29 is 21.5 Å². The number of anilines is 3. The maximum absolute atomic E-state index is 2.42. The van der Waals surface area contributed by atoms with E-state index in [1.54, 1.807) is 0 Å². The smallest absolute Gasteiger partial charge is 0.263 e. The standard InChI is InChI=1S/C38H29N2S2.BrH/c1-4-12-29(13-5-1)28-39-35-18-10-11-19-37(35)42-38(39)27-25-34-24-26-36(41-34)30-20-22-33(23-21-30)40(31-14-6-2-7-15-31)32-16-8-3-9-17-32;/h1-27H,28H2;1H/q+1;/p-1. The Morgan fingerprint density at radius 3 is 1.79 bits per heavy atom. The summed E-state index contributed by atoms with van der Waals surface area (Å²) in [6.07, 6.45) is 4.52. The molecule has 5 heteroatoms. The van der Waals surface area contributed by atoms with E-state index in [1.165, 1.54) is 36.1 Å². The van der Waals surface area contributed by atoms with Crippen molar-refractivity contribution in [2.45, 2.75) is 6.54 Å². The average Bonchev–Trinajstić information content (AvgIpc) is 3.67. The summed E-state index contributed by atoms with van der Waals surface area (Å²) in [6.45, 7) is 0.857. The number of thiophene rings is 1. The number of hydrogen-bond acceptors (Lipinski definition) is 3. The van der Waals surface area contributed by atoms with E-state index in [4.69, 9.17) is 0 Å². The van der Waals surface area contributed by atoms with E-state index < -0.39 is 0 Å². The van der Waals surface area contributed by atoms with Gasteiger partial charge >= 0.3 is 0 Å². The van der Waals surface area contributed by atoms with Gasteiger partial charge in [-0.1, -0.05) is 102 Å². The van der Waals surface area contributed by atoms with Crippen molar-refractivity contribution in [3.63, 3.8) is 0 Å². The Bertz CT molecular complexity index is 1910. The van der Waals surface area contributed by atoms with Gasteiger partial charge in [-0.3, -0.25) is 0 Å². The second kappa shape index (κ2) is 13.3. The fourth-order valence-corrected chi connectivity index (χ4v) is 7.21. The average molecular weight is 658 g/mol. The van der Waals surface area contributed by atoms with Gasteiger partial charge in [-0.2, -0.15) is 4.57 Å². The minimum atomic E-state index is 0. The number of para-hydroxylation sites is 3. The molecule has 0 saturated heterocycles. The molecule has 2 heterocycles. The van der Waals surface area contributed by atoms with E-state index in [0.717, 1.165) is 23.6 Å². The second-order valence-electron chi connectivity index (χ2n) is 10.1. The molecule has 2 nitrogen and oxygen atoms in total. The molecule has 0 aliphatic rings. The molecule has 0 aliphatic heterocycles. The number of fused-ring (bicyclic) bond motifs is 1. The van der Waals surface area contributed by atoms with Crippen LogP contribution in [0.5, 0.6) is 0 Å². The van der Waals surface area contributed by atoms with Gasteiger partial charge in [-0.25, -0.2) is 0 Å². The summed E-state index contributed by atoms with van der Waals surface area (Å²) in [4.78, 5) is 4.80.